The molecule has 3 fully saturated rings. The fourth-order valence-electron chi connectivity index (χ4n) is 4.45. The van der Waals surface area contributed by atoms with Gasteiger partial charge < -0.3 is 29.8 Å². The van der Waals surface area contributed by atoms with Crippen LogP contribution in [0.3, 0.4) is 0 Å². The summed E-state index contributed by atoms with van der Waals surface area (Å²) in [5, 5.41) is 16.9. The Kier molecular flexibility index (Phi) is 5.77. The van der Waals surface area contributed by atoms with E-state index in [2.05, 4.69) is 15.6 Å². The zero-order valence-corrected chi connectivity index (χ0v) is 15.8. The quantitative estimate of drug-likeness (QED) is 0.629. The number of aromatic nitrogens is 2. The normalized spacial score (nSPS) is 33.5. The number of rotatable bonds is 7. The van der Waals surface area contributed by atoms with Crippen LogP contribution in [-0.4, -0.2) is 63.7 Å². The molecular weight excluding hydrogens is 348 g/mol. The lowest BCUT2D eigenvalue weighted by Gasteiger charge is -2.21. The molecule has 27 heavy (non-hydrogen) atoms. The predicted octanol–water partition coefficient (Wildman–Crippen LogP) is 0.244. The maximum Gasteiger partial charge on any atom is 0.222 e. The first-order valence-electron chi connectivity index (χ1n) is 10.1. The van der Waals surface area contributed by atoms with Gasteiger partial charge in [-0.3, -0.25) is 4.79 Å². The predicted molar refractivity (Wildman–Crippen MR) is 97.9 cm³/mol. The zero-order valence-electron chi connectivity index (χ0n) is 15.8. The summed E-state index contributed by atoms with van der Waals surface area (Å²) in [6.45, 7) is 1.06. The molecule has 0 spiro atoms. The lowest BCUT2D eigenvalue weighted by molar-refractivity contribution is -0.125. The lowest BCUT2D eigenvalue weighted by Crippen LogP contribution is -2.41. The van der Waals surface area contributed by atoms with E-state index in [1.807, 2.05) is 17.8 Å². The van der Waals surface area contributed by atoms with E-state index in [-0.39, 0.29) is 36.7 Å². The Balaban J connectivity index is 1.19. The van der Waals surface area contributed by atoms with Crippen molar-refractivity contribution in [3.63, 3.8) is 0 Å². The van der Waals surface area contributed by atoms with Crippen LogP contribution >= 0.6 is 0 Å². The molecule has 1 aromatic heterocycles. The number of hydrogen-bond acceptors (Lipinski definition) is 6. The van der Waals surface area contributed by atoms with Crippen molar-refractivity contribution in [2.45, 2.75) is 81.6 Å². The second kappa shape index (κ2) is 8.26. The maximum atomic E-state index is 12.2. The Morgan fingerprint density at radius 1 is 1.37 bits per heavy atom. The number of nitrogens with one attached hydrogen (secondary N) is 2. The number of carbonyl (C=O) groups excluding carboxylic acids is 1. The van der Waals surface area contributed by atoms with Crippen LogP contribution in [0.15, 0.2) is 12.4 Å². The zero-order chi connectivity index (χ0) is 18.8. The number of aliphatic hydroxyl groups excluding tert-OH is 1. The Morgan fingerprint density at radius 2 is 2.19 bits per heavy atom. The first kappa shape index (κ1) is 18.9. The lowest BCUT2D eigenvalue weighted by atomic mass is 10.1. The van der Waals surface area contributed by atoms with Crippen LogP contribution in [0.5, 0.6) is 0 Å². The van der Waals surface area contributed by atoms with Crippen molar-refractivity contribution in [2.24, 2.45) is 7.05 Å². The van der Waals surface area contributed by atoms with Gasteiger partial charge >= 0.3 is 0 Å². The summed E-state index contributed by atoms with van der Waals surface area (Å²) < 4.78 is 13.8. The number of nitrogens with zero attached hydrogens (tertiary/aromatic N) is 2. The number of amides is 1. The Morgan fingerprint density at radius 3 is 2.89 bits per heavy atom. The molecule has 1 aromatic rings. The number of imidazole rings is 1. The molecule has 5 atom stereocenters. The van der Waals surface area contributed by atoms with E-state index in [4.69, 9.17) is 9.47 Å². The summed E-state index contributed by atoms with van der Waals surface area (Å²) in [7, 11) is 1.90. The monoisotopic (exact) mass is 378 g/mol. The molecule has 8 nitrogen and oxygen atoms in total. The van der Waals surface area contributed by atoms with Crippen LogP contribution in [0.4, 0.5) is 0 Å². The fourth-order valence-corrected chi connectivity index (χ4v) is 4.45. The molecule has 3 N–H and O–H groups in total. The molecular formula is C19H30N4O4. The number of aliphatic hydroxyl groups is 1. The van der Waals surface area contributed by atoms with E-state index in [0.29, 0.717) is 25.6 Å². The van der Waals surface area contributed by atoms with Gasteiger partial charge in [0, 0.05) is 38.4 Å². The number of hydrogen-bond donors (Lipinski definition) is 3. The van der Waals surface area contributed by atoms with Gasteiger partial charge in [0.1, 0.15) is 18.0 Å². The molecule has 1 saturated carbocycles. The highest BCUT2D eigenvalue weighted by atomic mass is 16.6. The van der Waals surface area contributed by atoms with Gasteiger partial charge in [-0.1, -0.05) is 12.8 Å². The smallest absolute Gasteiger partial charge is 0.222 e. The number of carbonyl (C=O) groups is 1. The molecule has 8 heteroatoms. The van der Waals surface area contributed by atoms with Gasteiger partial charge in [0.15, 0.2) is 0 Å². The van der Waals surface area contributed by atoms with Crippen LogP contribution in [0.1, 0.15) is 44.3 Å². The Hall–Kier alpha value is -1.48. The third-order valence-corrected chi connectivity index (χ3v) is 6.02. The molecule has 0 aromatic carbocycles. The minimum Gasteiger partial charge on any atom is -0.388 e. The molecule has 4 rings (SSSR count). The second-order valence-corrected chi connectivity index (χ2v) is 7.99. The third kappa shape index (κ3) is 4.34. The number of ether oxygens (including phenoxy) is 2. The van der Waals surface area contributed by atoms with E-state index in [1.54, 1.807) is 6.20 Å². The summed E-state index contributed by atoms with van der Waals surface area (Å²) >= 11 is 0. The minimum atomic E-state index is -0.635. The molecule has 0 radical (unpaired) electrons. The van der Waals surface area contributed by atoms with Crippen LogP contribution in [0.25, 0.3) is 0 Å². The molecule has 2 aliphatic heterocycles. The molecule has 3 aliphatic rings. The summed E-state index contributed by atoms with van der Waals surface area (Å²) in [5.74, 6) is 0.737. The number of aryl methyl sites for hydroxylation is 1. The topological polar surface area (TPSA) is 97.6 Å². The first-order valence-corrected chi connectivity index (χ1v) is 10.1. The van der Waals surface area contributed by atoms with Gasteiger partial charge in [0.2, 0.25) is 5.91 Å². The summed E-state index contributed by atoms with van der Waals surface area (Å²) in [4.78, 5) is 16.4. The van der Waals surface area contributed by atoms with Crippen LogP contribution in [0.2, 0.25) is 0 Å². The standard InChI is InChI=1S/C19H30N4O4/c1-23-7-6-20-16(23)11-22-17(24)9-13-8-14-19(26-13)18(25)15(27-14)10-21-12-4-2-3-5-12/h6-7,12-15,18-19,21,25H,2-5,8-11H2,1H3,(H,22,24)/t13-,14+,15+,18+,19-/m0/s1. The molecule has 0 bridgehead atoms. The molecule has 2 saturated heterocycles. The fraction of sp³-hybridized carbons (Fsp3) is 0.789. The molecule has 150 valence electrons. The van der Waals surface area contributed by atoms with E-state index < -0.39 is 6.10 Å². The second-order valence-electron chi connectivity index (χ2n) is 7.99. The maximum absolute atomic E-state index is 12.2. The first-order chi connectivity index (χ1) is 13.1. The van der Waals surface area contributed by atoms with Crippen molar-refractivity contribution < 1.29 is 19.4 Å². The van der Waals surface area contributed by atoms with Crippen LogP contribution < -0.4 is 10.6 Å². The summed E-state index contributed by atoms with van der Waals surface area (Å²) in [6.07, 6.45) is 7.95. The minimum absolute atomic E-state index is 0.0723. The van der Waals surface area contributed by atoms with Crippen molar-refractivity contribution in [2.75, 3.05) is 6.54 Å². The van der Waals surface area contributed by atoms with Crippen molar-refractivity contribution >= 4 is 5.91 Å². The molecule has 3 heterocycles. The van der Waals surface area contributed by atoms with Crippen LogP contribution in [0, 0.1) is 0 Å². The van der Waals surface area contributed by atoms with Crippen LogP contribution in [-0.2, 0) is 27.9 Å². The Labute approximate surface area is 159 Å². The van der Waals surface area contributed by atoms with Gasteiger partial charge in [0.25, 0.3) is 0 Å². The van der Waals surface area contributed by atoms with Gasteiger partial charge in [-0.05, 0) is 12.8 Å². The van der Waals surface area contributed by atoms with Gasteiger partial charge in [-0.15, -0.1) is 0 Å². The van der Waals surface area contributed by atoms with E-state index in [1.165, 1.54) is 25.7 Å². The van der Waals surface area contributed by atoms with Crippen molar-refractivity contribution in [1.29, 1.82) is 0 Å². The highest BCUT2D eigenvalue weighted by molar-refractivity contribution is 5.76. The van der Waals surface area contributed by atoms with Crippen molar-refractivity contribution in [1.82, 2.24) is 20.2 Å². The number of fused-ring (bicyclic) bond motifs is 1. The molecule has 1 amide bonds. The highest BCUT2D eigenvalue weighted by Crippen LogP contribution is 2.35. The van der Waals surface area contributed by atoms with E-state index >= 15 is 0 Å². The molecule has 1 aliphatic carbocycles. The SMILES string of the molecule is Cn1ccnc1CNC(=O)C[C@@H]1C[C@H]2O[C@H](CNC3CCCC3)[C@@H](O)[C@H]2O1. The third-order valence-electron chi connectivity index (χ3n) is 6.02. The van der Waals surface area contributed by atoms with Gasteiger partial charge in [0.05, 0.1) is 31.3 Å². The Bertz CT molecular complexity index is 645. The van der Waals surface area contributed by atoms with E-state index in [0.717, 1.165) is 5.82 Å². The average Bonchev–Trinajstić information content (AvgIpc) is 3.40. The van der Waals surface area contributed by atoms with Gasteiger partial charge in [-0.25, -0.2) is 4.98 Å². The van der Waals surface area contributed by atoms with Gasteiger partial charge in [-0.2, -0.15) is 0 Å². The summed E-state index contributed by atoms with van der Waals surface area (Å²) in [6, 6.07) is 0.553. The van der Waals surface area contributed by atoms with Crippen molar-refractivity contribution in [3.8, 4) is 0 Å². The molecule has 0 unspecified atom stereocenters. The highest BCUT2D eigenvalue weighted by Gasteiger charge is 2.50. The average molecular weight is 378 g/mol. The summed E-state index contributed by atoms with van der Waals surface area (Å²) in [5.41, 5.74) is 0. The largest absolute Gasteiger partial charge is 0.388 e. The van der Waals surface area contributed by atoms with Crippen molar-refractivity contribution in [3.05, 3.63) is 18.2 Å². The van der Waals surface area contributed by atoms with E-state index in [9.17, 15) is 9.90 Å².